The highest BCUT2D eigenvalue weighted by Crippen LogP contribution is 2.30. The molecule has 0 atom stereocenters. The largest absolute Gasteiger partial charge is 0.349 e. The van der Waals surface area contributed by atoms with Crippen molar-refractivity contribution in [1.29, 1.82) is 0 Å². The quantitative estimate of drug-likeness (QED) is 0.741. The lowest BCUT2D eigenvalue weighted by atomic mass is 10.2. The third-order valence-electron chi connectivity index (χ3n) is 3.26. The third-order valence-corrected chi connectivity index (χ3v) is 4.26. The highest BCUT2D eigenvalue weighted by molar-refractivity contribution is 7.99. The van der Waals surface area contributed by atoms with Crippen molar-refractivity contribution >= 4 is 22.7 Å². The Kier molecular flexibility index (Phi) is 4.27. The van der Waals surface area contributed by atoms with Crippen LogP contribution in [0.1, 0.15) is 19.4 Å². The van der Waals surface area contributed by atoms with Gasteiger partial charge in [0, 0.05) is 29.7 Å². The summed E-state index contributed by atoms with van der Waals surface area (Å²) >= 11 is 1.68. The highest BCUT2D eigenvalue weighted by Gasteiger charge is 2.08. The molecule has 0 unspecified atom stereocenters. The van der Waals surface area contributed by atoms with Gasteiger partial charge in [0.25, 0.3) is 0 Å². The van der Waals surface area contributed by atoms with Crippen molar-refractivity contribution in [2.75, 3.05) is 0 Å². The van der Waals surface area contributed by atoms with E-state index in [-0.39, 0.29) is 0 Å². The summed E-state index contributed by atoms with van der Waals surface area (Å²) in [6, 6.07) is 15.1. The van der Waals surface area contributed by atoms with Crippen LogP contribution in [0.3, 0.4) is 0 Å². The van der Waals surface area contributed by atoms with Crippen LogP contribution in [-0.2, 0) is 6.54 Å². The van der Waals surface area contributed by atoms with Crippen molar-refractivity contribution in [2.45, 2.75) is 36.5 Å². The number of aromatic amines is 1. The van der Waals surface area contributed by atoms with Crippen molar-refractivity contribution in [3.8, 4) is 0 Å². The smallest absolute Gasteiger partial charge is 0.107 e. The first-order valence-corrected chi connectivity index (χ1v) is 7.97. The average Bonchev–Trinajstić information content (AvgIpc) is 2.88. The van der Waals surface area contributed by atoms with Gasteiger partial charge in [-0.1, -0.05) is 49.9 Å². The minimum atomic E-state index is 0.469. The van der Waals surface area contributed by atoms with E-state index in [1.165, 1.54) is 10.9 Å². The molecule has 0 radical (unpaired) electrons. The molecule has 0 aliphatic heterocycles. The molecule has 3 nitrogen and oxygen atoms in total. The van der Waals surface area contributed by atoms with Gasteiger partial charge in [-0.05, 0) is 23.8 Å². The molecule has 2 aromatic heterocycles. The number of hydrogen-bond acceptors (Lipinski definition) is 3. The number of nitrogens with zero attached hydrogens (tertiary/aromatic N) is 1. The van der Waals surface area contributed by atoms with Crippen LogP contribution in [0.4, 0.5) is 0 Å². The predicted molar refractivity (Wildman–Crippen MR) is 88.6 cm³/mol. The van der Waals surface area contributed by atoms with Crippen LogP contribution in [0.25, 0.3) is 10.9 Å². The summed E-state index contributed by atoms with van der Waals surface area (Å²) in [5, 5.41) is 6.86. The van der Waals surface area contributed by atoms with Gasteiger partial charge in [-0.3, -0.25) is 0 Å². The number of benzene rings is 1. The number of para-hydroxylation sites is 1. The summed E-state index contributed by atoms with van der Waals surface area (Å²) in [6.07, 6.45) is 1.85. The molecule has 0 spiro atoms. The van der Waals surface area contributed by atoms with E-state index in [9.17, 15) is 0 Å². The van der Waals surface area contributed by atoms with E-state index in [0.29, 0.717) is 6.04 Å². The molecule has 3 rings (SSSR count). The molecular formula is C17H19N3S. The molecule has 0 amide bonds. The number of fused-ring (bicyclic) bond motifs is 1. The minimum absolute atomic E-state index is 0.469. The van der Waals surface area contributed by atoms with Crippen LogP contribution in [0.2, 0.25) is 0 Å². The Morgan fingerprint density at radius 1 is 1.19 bits per heavy atom. The molecule has 0 saturated heterocycles. The molecule has 108 valence electrons. The highest BCUT2D eigenvalue weighted by atomic mass is 32.2. The predicted octanol–water partition coefficient (Wildman–Crippen LogP) is 4.21. The molecule has 0 fully saturated rings. The van der Waals surface area contributed by atoms with E-state index in [1.807, 2.05) is 18.3 Å². The topological polar surface area (TPSA) is 40.7 Å². The van der Waals surface area contributed by atoms with Crippen LogP contribution in [0.5, 0.6) is 0 Å². The maximum atomic E-state index is 4.53. The van der Waals surface area contributed by atoms with Crippen molar-refractivity contribution in [2.24, 2.45) is 0 Å². The zero-order valence-corrected chi connectivity index (χ0v) is 13.1. The fourth-order valence-electron chi connectivity index (χ4n) is 2.17. The number of rotatable bonds is 5. The van der Waals surface area contributed by atoms with Crippen LogP contribution in [0, 0.1) is 0 Å². The standard InChI is InChI=1S/C17H19N3S/c1-12(2)19-11-14-7-5-9-18-17(14)21-16-10-13-6-3-4-8-15(13)20-16/h3-10,12,19-20H,11H2,1-2H3. The molecular weight excluding hydrogens is 278 g/mol. The molecule has 1 aromatic carbocycles. The Labute approximate surface area is 129 Å². The van der Waals surface area contributed by atoms with Gasteiger partial charge >= 0.3 is 0 Å². The van der Waals surface area contributed by atoms with E-state index in [4.69, 9.17) is 0 Å². The fourth-order valence-corrected chi connectivity index (χ4v) is 3.11. The molecule has 0 saturated carbocycles. The first-order valence-electron chi connectivity index (χ1n) is 7.15. The zero-order valence-electron chi connectivity index (χ0n) is 12.3. The van der Waals surface area contributed by atoms with Crippen molar-refractivity contribution in [1.82, 2.24) is 15.3 Å². The maximum absolute atomic E-state index is 4.53. The molecule has 0 aliphatic carbocycles. The first-order chi connectivity index (χ1) is 10.2. The number of H-pyrrole nitrogens is 1. The van der Waals surface area contributed by atoms with Gasteiger partial charge in [0.05, 0.1) is 5.03 Å². The SMILES string of the molecule is CC(C)NCc1cccnc1Sc1cc2ccccc2[nH]1. The van der Waals surface area contributed by atoms with Gasteiger partial charge in [0.2, 0.25) is 0 Å². The Morgan fingerprint density at radius 3 is 2.86 bits per heavy atom. The van der Waals surface area contributed by atoms with Gasteiger partial charge in [0.15, 0.2) is 0 Å². The summed E-state index contributed by atoms with van der Waals surface area (Å²) in [7, 11) is 0. The lowest BCUT2D eigenvalue weighted by molar-refractivity contribution is 0.582. The molecule has 0 bridgehead atoms. The molecule has 4 heteroatoms. The second-order valence-corrected chi connectivity index (χ2v) is 6.36. The second kappa shape index (κ2) is 6.33. The Morgan fingerprint density at radius 2 is 2.05 bits per heavy atom. The van der Waals surface area contributed by atoms with Gasteiger partial charge in [-0.2, -0.15) is 0 Å². The molecule has 2 N–H and O–H groups in total. The Bertz CT molecular complexity index is 700. The van der Waals surface area contributed by atoms with E-state index < -0.39 is 0 Å². The summed E-state index contributed by atoms with van der Waals surface area (Å²) in [4.78, 5) is 7.96. The maximum Gasteiger partial charge on any atom is 0.107 e. The fraction of sp³-hybridized carbons (Fsp3) is 0.235. The van der Waals surface area contributed by atoms with Gasteiger partial charge in [-0.15, -0.1) is 0 Å². The van der Waals surface area contributed by atoms with Crippen molar-refractivity contribution in [3.05, 3.63) is 54.2 Å². The number of nitrogens with one attached hydrogen (secondary N) is 2. The summed E-state index contributed by atoms with van der Waals surface area (Å²) in [5.74, 6) is 0. The van der Waals surface area contributed by atoms with E-state index in [2.05, 4.69) is 59.5 Å². The second-order valence-electron chi connectivity index (χ2n) is 5.33. The monoisotopic (exact) mass is 297 g/mol. The van der Waals surface area contributed by atoms with Crippen molar-refractivity contribution in [3.63, 3.8) is 0 Å². The van der Waals surface area contributed by atoms with Crippen LogP contribution >= 0.6 is 11.8 Å². The number of aromatic nitrogens is 2. The number of pyridine rings is 1. The lowest BCUT2D eigenvalue weighted by Gasteiger charge is -2.10. The van der Waals surface area contributed by atoms with Crippen molar-refractivity contribution < 1.29 is 0 Å². The first kappa shape index (κ1) is 14.2. The molecule has 2 heterocycles. The Balaban J connectivity index is 1.83. The summed E-state index contributed by atoms with van der Waals surface area (Å²) in [6.45, 7) is 5.15. The lowest BCUT2D eigenvalue weighted by Crippen LogP contribution is -2.22. The summed E-state index contributed by atoms with van der Waals surface area (Å²) in [5.41, 5.74) is 2.40. The molecule has 3 aromatic rings. The van der Waals surface area contributed by atoms with Gasteiger partial charge in [-0.25, -0.2) is 4.98 Å². The minimum Gasteiger partial charge on any atom is -0.349 e. The Hall–Kier alpha value is -1.78. The zero-order chi connectivity index (χ0) is 14.7. The molecule has 21 heavy (non-hydrogen) atoms. The summed E-state index contributed by atoms with van der Waals surface area (Å²) < 4.78 is 0. The normalized spacial score (nSPS) is 11.4. The third kappa shape index (κ3) is 3.46. The van der Waals surface area contributed by atoms with E-state index >= 15 is 0 Å². The van der Waals surface area contributed by atoms with Gasteiger partial charge < -0.3 is 10.3 Å². The number of hydrogen-bond donors (Lipinski definition) is 2. The average molecular weight is 297 g/mol. The van der Waals surface area contributed by atoms with E-state index in [1.54, 1.807) is 11.8 Å². The van der Waals surface area contributed by atoms with Crippen LogP contribution in [0.15, 0.2) is 58.7 Å². The van der Waals surface area contributed by atoms with Crippen LogP contribution in [-0.4, -0.2) is 16.0 Å². The van der Waals surface area contributed by atoms with Gasteiger partial charge in [0.1, 0.15) is 5.03 Å². The van der Waals surface area contributed by atoms with E-state index in [0.717, 1.165) is 22.1 Å². The van der Waals surface area contributed by atoms with Crippen LogP contribution < -0.4 is 5.32 Å². The molecule has 0 aliphatic rings.